The van der Waals surface area contributed by atoms with Crippen molar-refractivity contribution in [3.05, 3.63) is 89.6 Å². The van der Waals surface area contributed by atoms with Gasteiger partial charge in [0.05, 0.1) is 5.69 Å². The van der Waals surface area contributed by atoms with Crippen LogP contribution in [0.1, 0.15) is 5.56 Å². The molecular weight excluding hydrogens is 362 g/mol. The SMILES string of the molecule is Cc1cc(-c2nccc3cc(Cl)ccc23)cc2c1-c1cccc3cccc-2c13. The van der Waals surface area contributed by atoms with Gasteiger partial charge in [0.2, 0.25) is 0 Å². The zero-order valence-corrected chi connectivity index (χ0v) is 16.1. The standard InChI is InChI=1S/C26H16ClN/c1-15-12-18(26-20-9-8-19(27)13-17(20)10-11-28-26)14-23-21-6-2-4-16-5-3-7-22(24(15)23)25(16)21/h2-14H,1H3. The number of pyridine rings is 1. The Morgan fingerprint density at radius 2 is 1.57 bits per heavy atom. The van der Waals surface area contributed by atoms with E-state index in [1.807, 2.05) is 24.4 Å². The molecule has 0 fully saturated rings. The molecule has 1 aliphatic rings. The van der Waals surface area contributed by atoms with E-state index in [0.29, 0.717) is 0 Å². The van der Waals surface area contributed by atoms with Gasteiger partial charge in [-0.25, -0.2) is 0 Å². The van der Waals surface area contributed by atoms with Crippen LogP contribution in [0.2, 0.25) is 5.02 Å². The highest BCUT2D eigenvalue weighted by Crippen LogP contribution is 2.49. The molecule has 0 unspecified atom stereocenters. The minimum absolute atomic E-state index is 0.747. The maximum absolute atomic E-state index is 6.20. The molecule has 0 spiro atoms. The minimum Gasteiger partial charge on any atom is -0.256 e. The summed E-state index contributed by atoms with van der Waals surface area (Å²) in [5.74, 6) is 0. The van der Waals surface area contributed by atoms with Gasteiger partial charge < -0.3 is 0 Å². The molecule has 0 bridgehead atoms. The summed E-state index contributed by atoms with van der Waals surface area (Å²) in [6.07, 6.45) is 1.87. The number of rotatable bonds is 1. The molecule has 1 aromatic heterocycles. The molecule has 6 rings (SSSR count). The summed E-state index contributed by atoms with van der Waals surface area (Å²) in [5.41, 5.74) is 8.73. The van der Waals surface area contributed by atoms with Crippen LogP contribution in [0.3, 0.4) is 0 Å². The average Bonchev–Trinajstić information content (AvgIpc) is 3.04. The van der Waals surface area contributed by atoms with Crippen LogP contribution in [0.25, 0.3) is 55.1 Å². The predicted molar refractivity (Wildman–Crippen MR) is 119 cm³/mol. The molecule has 0 atom stereocenters. The van der Waals surface area contributed by atoms with Crippen LogP contribution in [-0.4, -0.2) is 4.98 Å². The smallest absolute Gasteiger partial charge is 0.0780 e. The van der Waals surface area contributed by atoms with Gasteiger partial charge in [0.15, 0.2) is 0 Å². The molecule has 0 saturated carbocycles. The van der Waals surface area contributed by atoms with Gasteiger partial charge >= 0.3 is 0 Å². The molecule has 132 valence electrons. The van der Waals surface area contributed by atoms with Crippen molar-refractivity contribution in [2.24, 2.45) is 0 Å². The second-order valence-corrected chi connectivity index (χ2v) is 7.89. The molecule has 0 radical (unpaired) electrons. The Morgan fingerprint density at radius 1 is 0.750 bits per heavy atom. The Balaban J connectivity index is 1.67. The van der Waals surface area contributed by atoms with E-state index in [4.69, 9.17) is 16.6 Å². The topological polar surface area (TPSA) is 12.9 Å². The second-order valence-electron chi connectivity index (χ2n) is 7.45. The van der Waals surface area contributed by atoms with Crippen molar-refractivity contribution >= 4 is 33.1 Å². The van der Waals surface area contributed by atoms with Crippen LogP contribution in [0.15, 0.2) is 79.0 Å². The monoisotopic (exact) mass is 377 g/mol. The van der Waals surface area contributed by atoms with Gasteiger partial charge in [0, 0.05) is 22.2 Å². The maximum Gasteiger partial charge on any atom is 0.0780 e. The highest BCUT2D eigenvalue weighted by atomic mass is 35.5. The van der Waals surface area contributed by atoms with E-state index in [1.54, 1.807) is 0 Å². The van der Waals surface area contributed by atoms with Gasteiger partial charge in [-0.1, -0.05) is 54.1 Å². The van der Waals surface area contributed by atoms with Crippen molar-refractivity contribution in [3.63, 3.8) is 0 Å². The molecule has 4 aromatic carbocycles. The third-order valence-corrected chi connectivity index (χ3v) is 6.03. The van der Waals surface area contributed by atoms with E-state index in [-0.39, 0.29) is 0 Å². The number of aryl methyl sites for hydroxylation is 1. The largest absolute Gasteiger partial charge is 0.256 e. The molecule has 2 heteroatoms. The molecule has 1 aliphatic carbocycles. The van der Waals surface area contributed by atoms with Crippen LogP contribution >= 0.6 is 11.6 Å². The lowest BCUT2D eigenvalue weighted by molar-refractivity contribution is 1.35. The molecule has 0 aliphatic heterocycles. The van der Waals surface area contributed by atoms with Crippen molar-refractivity contribution in [2.45, 2.75) is 6.92 Å². The Morgan fingerprint density at radius 3 is 2.43 bits per heavy atom. The molecule has 28 heavy (non-hydrogen) atoms. The Kier molecular flexibility index (Phi) is 3.21. The van der Waals surface area contributed by atoms with Gasteiger partial charge in [-0.2, -0.15) is 0 Å². The fourth-order valence-electron chi connectivity index (χ4n) is 4.65. The number of hydrogen-bond donors (Lipinski definition) is 0. The van der Waals surface area contributed by atoms with E-state index >= 15 is 0 Å². The molecule has 0 amide bonds. The second kappa shape index (κ2) is 5.67. The summed E-state index contributed by atoms with van der Waals surface area (Å²) in [7, 11) is 0. The lowest BCUT2D eigenvalue weighted by Crippen LogP contribution is -1.90. The molecule has 1 heterocycles. The first-order valence-electron chi connectivity index (χ1n) is 9.42. The van der Waals surface area contributed by atoms with Crippen molar-refractivity contribution in [2.75, 3.05) is 0 Å². The molecular formula is C26H16ClN. The molecule has 0 saturated heterocycles. The normalized spacial score (nSPS) is 11.9. The van der Waals surface area contributed by atoms with Crippen molar-refractivity contribution in [1.82, 2.24) is 4.98 Å². The lowest BCUT2D eigenvalue weighted by atomic mass is 9.93. The van der Waals surface area contributed by atoms with E-state index in [0.717, 1.165) is 27.1 Å². The zero-order chi connectivity index (χ0) is 18.8. The minimum atomic E-state index is 0.747. The summed E-state index contributed by atoms with van der Waals surface area (Å²) in [6.45, 7) is 2.20. The van der Waals surface area contributed by atoms with Gasteiger partial charge in [0.1, 0.15) is 0 Å². The van der Waals surface area contributed by atoms with E-state index in [2.05, 4.69) is 61.5 Å². The first-order chi connectivity index (χ1) is 13.7. The van der Waals surface area contributed by atoms with Crippen LogP contribution in [0, 0.1) is 6.92 Å². The van der Waals surface area contributed by atoms with Crippen molar-refractivity contribution in [1.29, 1.82) is 0 Å². The van der Waals surface area contributed by atoms with Gasteiger partial charge in [-0.05, 0) is 81.2 Å². The number of benzene rings is 4. The Bertz CT molecular complexity index is 1430. The van der Waals surface area contributed by atoms with Crippen LogP contribution < -0.4 is 0 Å². The quantitative estimate of drug-likeness (QED) is 0.286. The van der Waals surface area contributed by atoms with Crippen LogP contribution in [-0.2, 0) is 0 Å². The fourth-order valence-corrected chi connectivity index (χ4v) is 4.83. The summed E-state index contributed by atoms with van der Waals surface area (Å²) in [4.78, 5) is 4.73. The molecule has 0 N–H and O–H groups in total. The lowest BCUT2D eigenvalue weighted by Gasteiger charge is -2.12. The average molecular weight is 378 g/mol. The Hall–Kier alpha value is -3.16. The summed E-state index contributed by atoms with van der Waals surface area (Å²) >= 11 is 6.20. The van der Waals surface area contributed by atoms with Crippen molar-refractivity contribution in [3.8, 4) is 33.5 Å². The van der Waals surface area contributed by atoms with E-state index in [9.17, 15) is 0 Å². The number of hydrogen-bond acceptors (Lipinski definition) is 1. The number of aromatic nitrogens is 1. The summed E-state index contributed by atoms with van der Waals surface area (Å²) < 4.78 is 0. The van der Waals surface area contributed by atoms with Gasteiger partial charge in [-0.15, -0.1) is 0 Å². The first-order valence-corrected chi connectivity index (χ1v) is 9.80. The number of fused-ring (bicyclic) bond motifs is 4. The molecule has 5 aromatic rings. The maximum atomic E-state index is 6.20. The van der Waals surface area contributed by atoms with E-state index in [1.165, 1.54) is 38.6 Å². The highest BCUT2D eigenvalue weighted by molar-refractivity contribution is 6.31. The highest BCUT2D eigenvalue weighted by Gasteiger charge is 2.23. The third-order valence-electron chi connectivity index (χ3n) is 5.80. The number of halogens is 1. The van der Waals surface area contributed by atoms with E-state index < -0.39 is 0 Å². The third kappa shape index (κ3) is 2.11. The fraction of sp³-hybridized carbons (Fsp3) is 0.0385. The first kappa shape index (κ1) is 15.9. The molecule has 1 nitrogen and oxygen atoms in total. The van der Waals surface area contributed by atoms with Crippen LogP contribution in [0.4, 0.5) is 0 Å². The van der Waals surface area contributed by atoms with Crippen LogP contribution in [0.5, 0.6) is 0 Å². The van der Waals surface area contributed by atoms with Crippen molar-refractivity contribution < 1.29 is 0 Å². The van der Waals surface area contributed by atoms with Gasteiger partial charge in [0.25, 0.3) is 0 Å². The number of nitrogens with zero attached hydrogens (tertiary/aromatic N) is 1. The summed E-state index contributed by atoms with van der Waals surface area (Å²) in [6, 6.07) is 25.7. The van der Waals surface area contributed by atoms with Gasteiger partial charge in [-0.3, -0.25) is 4.98 Å². The summed E-state index contributed by atoms with van der Waals surface area (Å²) in [5, 5.41) is 5.64. The zero-order valence-electron chi connectivity index (χ0n) is 15.3. The predicted octanol–water partition coefficient (Wildman–Crippen LogP) is 7.66. The Labute approximate surface area is 168 Å².